The zero-order valence-electron chi connectivity index (χ0n) is 10.3. The first kappa shape index (κ1) is 14.1. The van der Waals surface area contributed by atoms with Gasteiger partial charge in [0.05, 0.1) is 19.2 Å². The number of aliphatic hydroxyl groups is 1. The summed E-state index contributed by atoms with van der Waals surface area (Å²) in [7, 11) is 0. The fourth-order valence-corrected chi connectivity index (χ4v) is 2.37. The van der Waals surface area contributed by atoms with Gasteiger partial charge in [-0.15, -0.1) is 11.6 Å². The lowest BCUT2D eigenvalue weighted by molar-refractivity contribution is -0.130. The molecule has 1 amide bonds. The summed E-state index contributed by atoms with van der Waals surface area (Å²) >= 11 is 5.52. The number of carbonyl (C=O) groups excluding carboxylic acids is 1. The number of carbonyl (C=O) groups is 1. The largest absolute Gasteiger partial charge is 0.489 e. The molecule has 1 aromatic carbocycles. The summed E-state index contributed by atoms with van der Waals surface area (Å²) in [5, 5.41) is 9.26. The fraction of sp³-hybridized carbons (Fsp3) is 0.462. The van der Waals surface area contributed by atoms with Crippen LogP contribution in [-0.4, -0.2) is 47.1 Å². The molecule has 104 valence electrons. The lowest BCUT2D eigenvalue weighted by Gasteiger charge is -2.21. The average molecular weight is 288 g/mol. The van der Waals surface area contributed by atoms with Gasteiger partial charge in [-0.25, -0.2) is 4.39 Å². The fourth-order valence-electron chi connectivity index (χ4n) is 2.22. The van der Waals surface area contributed by atoms with Crippen LogP contribution in [0.25, 0.3) is 0 Å². The van der Waals surface area contributed by atoms with Gasteiger partial charge in [0, 0.05) is 6.42 Å². The molecule has 6 heteroatoms. The third-order valence-corrected chi connectivity index (χ3v) is 3.37. The summed E-state index contributed by atoms with van der Waals surface area (Å²) in [4.78, 5) is 13.1. The van der Waals surface area contributed by atoms with Gasteiger partial charge in [0.2, 0.25) is 5.91 Å². The number of nitrogens with zero attached hydrogens (tertiary/aromatic N) is 1. The Bertz CT molecular complexity index is 440. The van der Waals surface area contributed by atoms with E-state index in [0.717, 1.165) is 0 Å². The van der Waals surface area contributed by atoms with Crippen LogP contribution in [0.3, 0.4) is 0 Å². The van der Waals surface area contributed by atoms with Crippen molar-refractivity contribution < 1.29 is 19.0 Å². The highest BCUT2D eigenvalue weighted by Crippen LogP contribution is 2.23. The second-order valence-electron chi connectivity index (χ2n) is 4.45. The third-order valence-electron chi connectivity index (χ3n) is 3.14. The minimum absolute atomic E-state index is 0.111. The van der Waals surface area contributed by atoms with Crippen LogP contribution < -0.4 is 4.74 Å². The van der Waals surface area contributed by atoms with Crippen LogP contribution in [0.4, 0.5) is 4.39 Å². The minimum Gasteiger partial charge on any atom is -0.489 e. The Kier molecular flexibility index (Phi) is 4.61. The molecule has 1 aliphatic rings. The monoisotopic (exact) mass is 287 g/mol. The van der Waals surface area contributed by atoms with Gasteiger partial charge in [-0.3, -0.25) is 4.79 Å². The molecule has 19 heavy (non-hydrogen) atoms. The summed E-state index contributed by atoms with van der Waals surface area (Å²) in [6.07, 6.45) is 0.325. The number of aliphatic hydroxyl groups excluding tert-OH is 1. The molecule has 1 aromatic rings. The zero-order valence-corrected chi connectivity index (χ0v) is 11.0. The van der Waals surface area contributed by atoms with Crippen LogP contribution in [-0.2, 0) is 4.79 Å². The molecule has 0 saturated carbocycles. The molecule has 0 unspecified atom stereocenters. The molecule has 2 atom stereocenters. The number of halogens is 2. The summed E-state index contributed by atoms with van der Waals surface area (Å²) in [5.74, 6) is -0.111. The van der Waals surface area contributed by atoms with Crippen molar-refractivity contribution in [3.63, 3.8) is 0 Å². The molecule has 0 aliphatic carbocycles. The van der Waals surface area contributed by atoms with Crippen LogP contribution in [0.1, 0.15) is 6.42 Å². The molecule has 1 N–H and O–H groups in total. The maximum Gasteiger partial charge on any atom is 0.237 e. The number of ether oxygens (including phenoxy) is 1. The van der Waals surface area contributed by atoms with Gasteiger partial charge in [-0.2, -0.15) is 0 Å². The number of hydrogen-bond acceptors (Lipinski definition) is 3. The van der Waals surface area contributed by atoms with Gasteiger partial charge in [0.15, 0.2) is 0 Å². The van der Waals surface area contributed by atoms with E-state index in [9.17, 15) is 14.3 Å². The lowest BCUT2D eigenvalue weighted by Crippen LogP contribution is -2.38. The molecular formula is C13H15ClFNO3. The summed E-state index contributed by atoms with van der Waals surface area (Å²) in [6.45, 7) is 0.264. The molecule has 0 bridgehead atoms. The molecule has 0 spiro atoms. The van der Waals surface area contributed by atoms with Gasteiger partial charge in [-0.05, 0) is 24.3 Å². The van der Waals surface area contributed by atoms with Crippen LogP contribution in [0.5, 0.6) is 5.75 Å². The highest BCUT2D eigenvalue weighted by Gasteiger charge is 2.35. The number of benzene rings is 1. The Morgan fingerprint density at radius 2 is 2.16 bits per heavy atom. The first-order valence-electron chi connectivity index (χ1n) is 6.02. The SMILES string of the molecule is O=C(CCl)N1C[C@@H](Oc2ccc(F)cc2)C[C@H]1CO. The van der Waals surface area contributed by atoms with Gasteiger partial charge in [0.25, 0.3) is 0 Å². The molecule has 1 aliphatic heterocycles. The number of hydrogen-bond donors (Lipinski definition) is 1. The number of amides is 1. The highest BCUT2D eigenvalue weighted by molar-refractivity contribution is 6.27. The molecule has 0 aromatic heterocycles. The van der Waals surface area contributed by atoms with Crippen molar-refractivity contribution in [2.24, 2.45) is 0 Å². The lowest BCUT2D eigenvalue weighted by atomic mass is 10.2. The Hall–Kier alpha value is -1.33. The van der Waals surface area contributed by atoms with Crippen molar-refractivity contribution in [3.05, 3.63) is 30.1 Å². The van der Waals surface area contributed by atoms with Crippen molar-refractivity contribution in [2.45, 2.75) is 18.6 Å². The molecule has 4 nitrogen and oxygen atoms in total. The van der Waals surface area contributed by atoms with E-state index >= 15 is 0 Å². The van der Waals surface area contributed by atoms with E-state index in [-0.39, 0.29) is 36.4 Å². The van der Waals surface area contributed by atoms with E-state index < -0.39 is 0 Å². The quantitative estimate of drug-likeness (QED) is 0.852. The van der Waals surface area contributed by atoms with E-state index in [1.165, 1.54) is 29.2 Å². The van der Waals surface area contributed by atoms with E-state index in [2.05, 4.69) is 0 Å². The maximum absolute atomic E-state index is 12.8. The van der Waals surface area contributed by atoms with Crippen molar-refractivity contribution >= 4 is 17.5 Å². The Balaban J connectivity index is 1.99. The topological polar surface area (TPSA) is 49.8 Å². The first-order valence-corrected chi connectivity index (χ1v) is 6.56. The van der Waals surface area contributed by atoms with Crippen LogP contribution in [0.2, 0.25) is 0 Å². The van der Waals surface area contributed by atoms with E-state index in [4.69, 9.17) is 16.3 Å². The van der Waals surface area contributed by atoms with E-state index in [1.807, 2.05) is 0 Å². The van der Waals surface area contributed by atoms with E-state index in [0.29, 0.717) is 18.7 Å². The smallest absolute Gasteiger partial charge is 0.237 e. The molecule has 0 radical (unpaired) electrons. The average Bonchev–Trinajstić information content (AvgIpc) is 2.83. The Morgan fingerprint density at radius 1 is 1.47 bits per heavy atom. The van der Waals surface area contributed by atoms with Crippen molar-refractivity contribution in [1.29, 1.82) is 0 Å². The predicted octanol–water partition coefficient (Wildman–Crippen LogP) is 1.41. The summed E-state index contributed by atoms with van der Waals surface area (Å²) in [5.41, 5.74) is 0. The normalized spacial score (nSPS) is 22.6. The van der Waals surface area contributed by atoms with Crippen molar-refractivity contribution in [2.75, 3.05) is 19.0 Å². The highest BCUT2D eigenvalue weighted by atomic mass is 35.5. The predicted molar refractivity (Wildman–Crippen MR) is 68.7 cm³/mol. The van der Waals surface area contributed by atoms with Crippen LogP contribution in [0, 0.1) is 5.82 Å². The molecule has 1 heterocycles. The standard InChI is InChI=1S/C13H15ClFNO3/c14-6-13(18)16-7-12(5-10(16)8-17)19-11-3-1-9(15)2-4-11/h1-4,10,12,17H,5-8H2/t10-,12-/m0/s1. The molecule has 1 saturated heterocycles. The van der Waals surface area contributed by atoms with Gasteiger partial charge >= 0.3 is 0 Å². The number of rotatable bonds is 4. The molecular weight excluding hydrogens is 273 g/mol. The summed E-state index contributed by atoms with van der Waals surface area (Å²) < 4.78 is 18.4. The molecule has 2 rings (SSSR count). The third kappa shape index (κ3) is 3.36. The summed E-state index contributed by atoms with van der Waals surface area (Å²) in [6, 6.07) is 5.44. The zero-order chi connectivity index (χ0) is 13.8. The Labute approximate surface area is 115 Å². The maximum atomic E-state index is 12.8. The van der Waals surface area contributed by atoms with E-state index in [1.54, 1.807) is 0 Å². The van der Waals surface area contributed by atoms with Crippen LogP contribution >= 0.6 is 11.6 Å². The van der Waals surface area contributed by atoms with Crippen LogP contribution in [0.15, 0.2) is 24.3 Å². The number of alkyl halides is 1. The number of likely N-dealkylation sites (tertiary alicyclic amines) is 1. The molecule has 1 fully saturated rings. The Morgan fingerprint density at radius 3 is 2.74 bits per heavy atom. The van der Waals surface area contributed by atoms with Gasteiger partial charge in [0.1, 0.15) is 23.6 Å². The van der Waals surface area contributed by atoms with Crippen molar-refractivity contribution in [1.82, 2.24) is 4.90 Å². The van der Waals surface area contributed by atoms with Crippen molar-refractivity contribution in [3.8, 4) is 5.75 Å². The van der Waals surface area contributed by atoms with Gasteiger partial charge in [-0.1, -0.05) is 0 Å². The second kappa shape index (κ2) is 6.21. The second-order valence-corrected chi connectivity index (χ2v) is 4.71. The first-order chi connectivity index (χ1) is 9.13. The van der Waals surface area contributed by atoms with Gasteiger partial charge < -0.3 is 14.7 Å². The minimum atomic E-state index is -0.328.